The molecule has 8 rings (SSSR count). The van der Waals surface area contributed by atoms with E-state index < -0.39 is 23.0 Å². The van der Waals surface area contributed by atoms with E-state index in [0.717, 1.165) is 28.7 Å². The summed E-state index contributed by atoms with van der Waals surface area (Å²) < 4.78 is 16.9. The lowest BCUT2D eigenvalue weighted by Gasteiger charge is -2.52. The van der Waals surface area contributed by atoms with Crippen LogP contribution in [0.3, 0.4) is 0 Å². The molecule has 3 aromatic rings. The molecule has 220 valence electrons. The van der Waals surface area contributed by atoms with Crippen LogP contribution >= 0.6 is 0 Å². The summed E-state index contributed by atoms with van der Waals surface area (Å²) in [6.07, 6.45) is 2.51. The topological polar surface area (TPSA) is 107 Å². The molecule has 2 aliphatic heterocycles. The molecule has 2 atom stereocenters. The van der Waals surface area contributed by atoms with E-state index in [2.05, 4.69) is 10.5 Å². The predicted octanol–water partition coefficient (Wildman–Crippen LogP) is 4.28. The van der Waals surface area contributed by atoms with E-state index in [1.165, 1.54) is 4.90 Å². The van der Waals surface area contributed by atoms with Gasteiger partial charge in [0.1, 0.15) is 5.75 Å². The number of anilines is 1. The minimum Gasteiger partial charge on any atom is -0.494 e. The van der Waals surface area contributed by atoms with Crippen molar-refractivity contribution in [1.82, 2.24) is 5.43 Å². The molecule has 0 saturated carbocycles. The van der Waals surface area contributed by atoms with E-state index in [1.54, 1.807) is 37.4 Å². The molecule has 2 fully saturated rings. The van der Waals surface area contributed by atoms with Crippen molar-refractivity contribution in [3.05, 3.63) is 95.1 Å². The zero-order chi connectivity index (χ0) is 29.8. The van der Waals surface area contributed by atoms with Crippen molar-refractivity contribution < 1.29 is 28.6 Å². The van der Waals surface area contributed by atoms with Gasteiger partial charge in [-0.1, -0.05) is 55.5 Å². The second kappa shape index (κ2) is 10.4. The van der Waals surface area contributed by atoms with Gasteiger partial charge in [0.25, 0.3) is 0 Å². The molecule has 3 amide bonds. The average Bonchev–Trinajstić information content (AvgIpc) is 3.56. The van der Waals surface area contributed by atoms with E-state index in [4.69, 9.17) is 14.2 Å². The van der Waals surface area contributed by atoms with Gasteiger partial charge in [-0.15, -0.1) is 0 Å². The van der Waals surface area contributed by atoms with Crippen LogP contribution in [0.1, 0.15) is 54.9 Å². The molecule has 3 aliphatic carbocycles. The molecule has 43 heavy (non-hydrogen) atoms. The quantitative estimate of drug-likeness (QED) is 0.243. The summed E-state index contributed by atoms with van der Waals surface area (Å²) in [5.74, 6) is -2.88. The number of carbonyl (C=O) groups excluding carboxylic acids is 3. The van der Waals surface area contributed by atoms with Gasteiger partial charge in [0.2, 0.25) is 17.7 Å². The SMILES string of the molecule is CCCOc1ccc(N2C(=O)[C@H]3C4c5ccccc5C(/C=N\NC(=O)CC5(C)OCCO5)(c5ccccc54)[C@H]3C2=O)cc1. The summed E-state index contributed by atoms with van der Waals surface area (Å²) in [4.78, 5) is 43.0. The Morgan fingerprint density at radius 2 is 1.60 bits per heavy atom. The molecular formula is C34H33N3O6. The molecular weight excluding hydrogens is 546 g/mol. The first-order valence-corrected chi connectivity index (χ1v) is 14.8. The molecule has 5 aliphatic rings. The van der Waals surface area contributed by atoms with Gasteiger partial charge in [0, 0.05) is 12.1 Å². The normalized spacial score (nSPS) is 26.4. The van der Waals surface area contributed by atoms with Gasteiger partial charge < -0.3 is 14.2 Å². The Hall–Kier alpha value is -4.34. The van der Waals surface area contributed by atoms with Gasteiger partial charge in [-0.3, -0.25) is 14.4 Å². The molecule has 2 saturated heterocycles. The third-order valence-corrected chi connectivity index (χ3v) is 9.09. The second-order valence-electron chi connectivity index (χ2n) is 11.7. The molecule has 1 N–H and O–H groups in total. The van der Waals surface area contributed by atoms with E-state index >= 15 is 0 Å². The van der Waals surface area contributed by atoms with Gasteiger partial charge in [0.05, 0.1) is 49.2 Å². The number of hydrogen-bond donors (Lipinski definition) is 1. The molecule has 3 aromatic carbocycles. The highest BCUT2D eigenvalue weighted by molar-refractivity contribution is 6.25. The first-order valence-electron chi connectivity index (χ1n) is 14.8. The lowest BCUT2D eigenvalue weighted by Crippen LogP contribution is -2.54. The summed E-state index contributed by atoms with van der Waals surface area (Å²) in [6.45, 7) is 5.19. The fraction of sp³-hybridized carbons (Fsp3) is 0.353. The largest absolute Gasteiger partial charge is 0.494 e. The number of amides is 3. The van der Waals surface area contributed by atoms with Gasteiger partial charge in [0.15, 0.2) is 5.79 Å². The monoisotopic (exact) mass is 579 g/mol. The number of hydrogen-bond acceptors (Lipinski definition) is 7. The smallest absolute Gasteiger partial charge is 0.245 e. The molecule has 0 spiro atoms. The number of imide groups is 1. The van der Waals surface area contributed by atoms with Crippen LogP contribution in [-0.4, -0.2) is 49.5 Å². The lowest BCUT2D eigenvalue weighted by atomic mass is 9.47. The Labute approximate surface area is 249 Å². The number of ether oxygens (including phenoxy) is 3. The van der Waals surface area contributed by atoms with Crippen molar-refractivity contribution >= 4 is 29.6 Å². The predicted molar refractivity (Wildman–Crippen MR) is 159 cm³/mol. The summed E-state index contributed by atoms with van der Waals surface area (Å²) in [5, 5.41) is 4.46. The van der Waals surface area contributed by atoms with Crippen molar-refractivity contribution in [2.45, 2.75) is 43.8 Å². The molecule has 0 aromatic heterocycles. The Kier molecular flexibility index (Phi) is 6.67. The van der Waals surface area contributed by atoms with Crippen molar-refractivity contribution in [3.8, 4) is 5.75 Å². The highest BCUT2D eigenvalue weighted by Crippen LogP contribution is 2.63. The third-order valence-electron chi connectivity index (χ3n) is 9.09. The van der Waals surface area contributed by atoms with Crippen LogP contribution in [0.2, 0.25) is 0 Å². The maximum absolute atomic E-state index is 14.5. The van der Waals surface area contributed by atoms with Crippen LogP contribution in [-0.2, 0) is 29.3 Å². The Bertz CT molecular complexity index is 1580. The summed E-state index contributed by atoms with van der Waals surface area (Å²) >= 11 is 0. The fourth-order valence-corrected chi connectivity index (χ4v) is 7.41. The minimum absolute atomic E-state index is 0.0260. The molecule has 9 heteroatoms. The average molecular weight is 580 g/mol. The first-order chi connectivity index (χ1) is 20.9. The van der Waals surface area contributed by atoms with E-state index in [1.807, 2.05) is 55.5 Å². The number of nitrogens with zero attached hydrogens (tertiary/aromatic N) is 2. The van der Waals surface area contributed by atoms with Crippen LogP contribution in [0, 0.1) is 11.8 Å². The Morgan fingerprint density at radius 3 is 2.23 bits per heavy atom. The van der Waals surface area contributed by atoms with Crippen LogP contribution in [0.15, 0.2) is 77.9 Å². The van der Waals surface area contributed by atoms with Crippen molar-refractivity contribution in [2.75, 3.05) is 24.7 Å². The van der Waals surface area contributed by atoms with Crippen molar-refractivity contribution in [1.29, 1.82) is 0 Å². The van der Waals surface area contributed by atoms with Crippen LogP contribution in [0.25, 0.3) is 0 Å². The van der Waals surface area contributed by atoms with Crippen molar-refractivity contribution in [2.24, 2.45) is 16.9 Å². The fourth-order valence-electron chi connectivity index (χ4n) is 7.41. The van der Waals surface area contributed by atoms with E-state index in [9.17, 15) is 14.4 Å². The number of hydrazone groups is 1. The first kappa shape index (κ1) is 27.5. The lowest BCUT2D eigenvalue weighted by molar-refractivity contribution is -0.159. The molecule has 0 unspecified atom stereocenters. The summed E-state index contributed by atoms with van der Waals surface area (Å²) in [6, 6.07) is 23.0. The highest BCUT2D eigenvalue weighted by Gasteiger charge is 2.68. The number of benzene rings is 3. The minimum atomic E-state index is -1.07. The van der Waals surface area contributed by atoms with Crippen molar-refractivity contribution in [3.63, 3.8) is 0 Å². The third kappa shape index (κ3) is 4.21. The van der Waals surface area contributed by atoms with Gasteiger partial charge in [-0.25, -0.2) is 10.3 Å². The highest BCUT2D eigenvalue weighted by atomic mass is 16.7. The number of carbonyl (C=O) groups is 3. The molecule has 0 radical (unpaired) electrons. The maximum Gasteiger partial charge on any atom is 0.245 e. The van der Waals surface area contributed by atoms with E-state index in [-0.39, 0.29) is 30.1 Å². The zero-order valence-electron chi connectivity index (χ0n) is 24.1. The molecule has 9 nitrogen and oxygen atoms in total. The van der Waals surface area contributed by atoms with Crippen LogP contribution in [0.5, 0.6) is 5.75 Å². The van der Waals surface area contributed by atoms with Gasteiger partial charge in [-0.2, -0.15) is 5.10 Å². The summed E-state index contributed by atoms with van der Waals surface area (Å²) in [5.41, 5.74) is 5.89. The van der Waals surface area contributed by atoms with Gasteiger partial charge in [-0.05, 0) is 59.9 Å². The zero-order valence-corrected chi connectivity index (χ0v) is 24.1. The Balaban J connectivity index is 1.31. The maximum atomic E-state index is 14.5. The molecule has 2 heterocycles. The molecule has 2 bridgehead atoms. The van der Waals surface area contributed by atoms with Crippen LogP contribution in [0.4, 0.5) is 5.69 Å². The Morgan fingerprint density at radius 1 is 0.977 bits per heavy atom. The summed E-state index contributed by atoms with van der Waals surface area (Å²) in [7, 11) is 0. The standard InChI is InChI=1S/C34H33N3O6/c1-3-16-41-22-14-12-21(13-15-22)37-31(39)29-28-23-8-4-6-10-25(23)34(30(29)32(37)40,26-11-7-5-9-24(26)28)20-35-36-27(38)19-33(2)42-17-18-43-33/h4-15,20,28-30H,3,16-19H2,1-2H3,(H,36,38)/b35-20-/t28?,29-,30+,34?/m0/s1. The van der Waals surface area contributed by atoms with Gasteiger partial charge >= 0.3 is 0 Å². The van der Waals surface area contributed by atoms with Crippen LogP contribution < -0.4 is 15.1 Å². The second-order valence-corrected chi connectivity index (χ2v) is 11.7. The van der Waals surface area contributed by atoms with E-state index in [0.29, 0.717) is 31.3 Å². The number of nitrogens with one attached hydrogen (secondary N) is 1. The number of rotatable bonds is 8.